The van der Waals surface area contributed by atoms with Crippen LogP contribution in [0.1, 0.15) is 10.6 Å². The maximum Gasteiger partial charge on any atom is 0.118 e. The van der Waals surface area contributed by atoms with Gasteiger partial charge in [-0.3, -0.25) is 0 Å². The molecule has 0 aliphatic rings. The molecule has 0 saturated carbocycles. The van der Waals surface area contributed by atoms with Crippen LogP contribution in [0, 0.1) is 0 Å². The summed E-state index contributed by atoms with van der Waals surface area (Å²) in [6.07, 6.45) is 2.77. The van der Waals surface area contributed by atoms with E-state index in [0.29, 0.717) is 10.0 Å². The highest BCUT2D eigenvalue weighted by Gasteiger charge is 2.05. The molecule has 25 heavy (non-hydrogen) atoms. The van der Waals surface area contributed by atoms with E-state index in [9.17, 15) is 0 Å². The minimum Gasteiger partial charge on any atom is -0.497 e. The molecule has 3 aromatic rings. The van der Waals surface area contributed by atoms with Crippen LogP contribution in [-0.2, 0) is 13.0 Å². The van der Waals surface area contributed by atoms with E-state index in [2.05, 4.69) is 10.3 Å². The Bertz CT molecular complexity index is 834. The molecule has 3 nitrogen and oxygen atoms in total. The topological polar surface area (TPSA) is 34.1 Å². The lowest BCUT2D eigenvalue weighted by Gasteiger charge is -2.05. The molecule has 0 unspecified atom stereocenters. The smallest absolute Gasteiger partial charge is 0.118 e. The summed E-state index contributed by atoms with van der Waals surface area (Å²) in [6.45, 7) is 1.57. The van der Waals surface area contributed by atoms with E-state index in [-0.39, 0.29) is 0 Å². The number of rotatable bonds is 7. The first-order chi connectivity index (χ1) is 12.2. The molecule has 0 fully saturated rings. The van der Waals surface area contributed by atoms with Crippen LogP contribution in [0.3, 0.4) is 0 Å². The molecule has 0 saturated heterocycles. The van der Waals surface area contributed by atoms with Gasteiger partial charge >= 0.3 is 0 Å². The number of nitrogens with one attached hydrogen (secondary N) is 1. The Morgan fingerprint density at radius 1 is 1.12 bits per heavy atom. The normalized spacial score (nSPS) is 10.8. The van der Waals surface area contributed by atoms with Gasteiger partial charge in [-0.2, -0.15) is 0 Å². The number of benzene rings is 2. The van der Waals surface area contributed by atoms with Crippen LogP contribution in [0.25, 0.3) is 10.4 Å². The fourth-order valence-corrected chi connectivity index (χ4v) is 3.82. The number of hydrogen-bond acceptors (Lipinski definition) is 4. The number of aromatic nitrogens is 1. The molecule has 0 aliphatic heterocycles. The van der Waals surface area contributed by atoms with Crippen molar-refractivity contribution in [3.05, 3.63) is 69.3 Å². The number of ether oxygens (including phenoxy) is 1. The van der Waals surface area contributed by atoms with Gasteiger partial charge in [0.15, 0.2) is 0 Å². The van der Waals surface area contributed by atoms with Gasteiger partial charge in [0.25, 0.3) is 0 Å². The van der Waals surface area contributed by atoms with Gasteiger partial charge in [0, 0.05) is 22.8 Å². The number of methoxy groups -OCH3 is 1. The Morgan fingerprint density at radius 3 is 2.64 bits per heavy atom. The van der Waals surface area contributed by atoms with Crippen molar-refractivity contribution in [2.45, 2.75) is 13.0 Å². The van der Waals surface area contributed by atoms with Crippen LogP contribution < -0.4 is 10.1 Å². The minimum absolute atomic E-state index is 0.663. The second kappa shape index (κ2) is 8.68. The van der Waals surface area contributed by atoms with Crippen LogP contribution in [0.15, 0.2) is 48.7 Å². The molecule has 0 atom stereocenters. The maximum absolute atomic E-state index is 6.19. The zero-order valence-electron chi connectivity index (χ0n) is 13.8. The van der Waals surface area contributed by atoms with Gasteiger partial charge in [-0.15, -0.1) is 11.3 Å². The van der Waals surface area contributed by atoms with E-state index in [1.165, 1.54) is 0 Å². The van der Waals surface area contributed by atoms with E-state index in [1.807, 2.05) is 42.6 Å². The molecule has 2 aromatic carbocycles. The molecule has 0 aliphatic carbocycles. The Labute approximate surface area is 161 Å². The van der Waals surface area contributed by atoms with Crippen molar-refractivity contribution >= 4 is 34.5 Å². The second-order valence-corrected chi connectivity index (χ2v) is 7.47. The van der Waals surface area contributed by atoms with E-state index in [1.54, 1.807) is 24.5 Å². The van der Waals surface area contributed by atoms with Crippen LogP contribution >= 0.6 is 34.5 Å². The first kappa shape index (κ1) is 18.2. The highest BCUT2D eigenvalue weighted by molar-refractivity contribution is 7.15. The van der Waals surface area contributed by atoms with Gasteiger partial charge in [-0.05, 0) is 60.5 Å². The number of halogens is 2. The molecule has 0 amide bonds. The fourth-order valence-electron chi connectivity index (χ4n) is 2.42. The average Bonchev–Trinajstić information content (AvgIpc) is 3.09. The first-order valence-electron chi connectivity index (χ1n) is 7.89. The third-order valence-electron chi connectivity index (χ3n) is 3.79. The van der Waals surface area contributed by atoms with Crippen LogP contribution in [-0.4, -0.2) is 18.6 Å². The quantitative estimate of drug-likeness (QED) is 0.542. The molecular weight excluding hydrogens is 375 g/mol. The molecule has 1 N–H and O–H groups in total. The molecule has 1 aromatic heterocycles. The summed E-state index contributed by atoms with van der Waals surface area (Å²) in [7, 11) is 1.67. The minimum atomic E-state index is 0.663. The Balaban J connectivity index is 1.51. The first-order valence-corrected chi connectivity index (χ1v) is 9.47. The third-order valence-corrected chi connectivity index (χ3v) is 5.42. The Morgan fingerprint density at radius 2 is 1.92 bits per heavy atom. The zero-order chi connectivity index (χ0) is 17.6. The lowest BCUT2D eigenvalue weighted by atomic mass is 10.1. The van der Waals surface area contributed by atoms with Crippen molar-refractivity contribution in [1.82, 2.24) is 10.3 Å². The summed E-state index contributed by atoms with van der Waals surface area (Å²) >= 11 is 13.8. The molecule has 0 bridgehead atoms. The van der Waals surface area contributed by atoms with Gasteiger partial charge in [-0.25, -0.2) is 4.98 Å². The molecule has 130 valence electrons. The van der Waals surface area contributed by atoms with E-state index in [4.69, 9.17) is 27.9 Å². The average molecular weight is 393 g/mol. The molecule has 0 radical (unpaired) electrons. The van der Waals surface area contributed by atoms with Crippen molar-refractivity contribution in [1.29, 1.82) is 0 Å². The second-order valence-electron chi connectivity index (χ2n) is 5.51. The van der Waals surface area contributed by atoms with Crippen molar-refractivity contribution in [3.8, 4) is 16.2 Å². The van der Waals surface area contributed by atoms with Gasteiger partial charge in [0.2, 0.25) is 0 Å². The van der Waals surface area contributed by atoms with Crippen LogP contribution in [0.5, 0.6) is 5.75 Å². The molecule has 3 rings (SSSR count). The van der Waals surface area contributed by atoms with E-state index < -0.39 is 0 Å². The molecular formula is C19H18Cl2N2OS. The summed E-state index contributed by atoms with van der Waals surface area (Å²) in [6, 6.07) is 13.6. The van der Waals surface area contributed by atoms with Gasteiger partial charge in [0.05, 0.1) is 12.0 Å². The number of nitrogens with zero attached hydrogens (tertiary/aromatic N) is 1. The van der Waals surface area contributed by atoms with Crippen molar-refractivity contribution in [2.75, 3.05) is 13.7 Å². The number of thiazole rings is 1. The van der Waals surface area contributed by atoms with Crippen LogP contribution in [0.2, 0.25) is 10.0 Å². The monoisotopic (exact) mass is 392 g/mol. The van der Waals surface area contributed by atoms with E-state index >= 15 is 0 Å². The highest BCUT2D eigenvalue weighted by Crippen LogP contribution is 2.27. The predicted octanol–water partition coefficient (Wildman–Crippen LogP) is 5.46. The Hall–Kier alpha value is -1.59. The van der Waals surface area contributed by atoms with Crippen molar-refractivity contribution < 1.29 is 4.74 Å². The lowest BCUT2D eigenvalue weighted by molar-refractivity contribution is 0.415. The SMILES string of the molecule is COc1ccc(-c2cnc(CNCCc3ccc(Cl)cc3Cl)s2)cc1. The third kappa shape index (κ3) is 4.95. The van der Waals surface area contributed by atoms with Gasteiger partial charge in [-0.1, -0.05) is 29.3 Å². The van der Waals surface area contributed by atoms with Gasteiger partial charge in [0.1, 0.15) is 10.8 Å². The fraction of sp³-hybridized carbons (Fsp3) is 0.211. The summed E-state index contributed by atoms with van der Waals surface area (Å²) in [5.41, 5.74) is 2.24. The molecule has 6 heteroatoms. The van der Waals surface area contributed by atoms with Crippen molar-refractivity contribution in [2.24, 2.45) is 0 Å². The standard InChI is InChI=1S/C19H18Cl2N2OS/c1-24-16-6-3-14(4-7-16)18-11-23-19(25-18)12-22-9-8-13-2-5-15(20)10-17(13)21/h2-7,10-11,22H,8-9,12H2,1H3. The van der Waals surface area contributed by atoms with Gasteiger partial charge < -0.3 is 10.1 Å². The highest BCUT2D eigenvalue weighted by atomic mass is 35.5. The van der Waals surface area contributed by atoms with Crippen molar-refractivity contribution in [3.63, 3.8) is 0 Å². The van der Waals surface area contributed by atoms with E-state index in [0.717, 1.165) is 46.3 Å². The number of hydrogen-bond donors (Lipinski definition) is 1. The largest absolute Gasteiger partial charge is 0.497 e. The summed E-state index contributed by atoms with van der Waals surface area (Å²) in [4.78, 5) is 5.64. The zero-order valence-corrected chi connectivity index (χ0v) is 16.1. The Kier molecular flexibility index (Phi) is 6.32. The summed E-state index contributed by atoms with van der Waals surface area (Å²) in [5.74, 6) is 0.857. The summed E-state index contributed by atoms with van der Waals surface area (Å²) in [5, 5.41) is 5.85. The summed E-state index contributed by atoms with van der Waals surface area (Å²) < 4.78 is 5.19. The predicted molar refractivity (Wildman–Crippen MR) is 106 cm³/mol. The molecule has 0 spiro atoms. The maximum atomic E-state index is 6.19. The molecule has 1 heterocycles. The van der Waals surface area contributed by atoms with Crippen LogP contribution in [0.4, 0.5) is 0 Å². The lowest BCUT2D eigenvalue weighted by Crippen LogP contribution is -2.16.